The normalized spacial score (nSPS) is 20.0. The first-order chi connectivity index (χ1) is 7.24. The molecule has 0 aliphatic heterocycles. The van der Waals surface area contributed by atoms with Crippen molar-refractivity contribution in [2.45, 2.75) is 44.7 Å². The Hall–Kier alpha value is 0.270. The quantitative estimate of drug-likeness (QED) is 0.722. The lowest BCUT2D eigenvalue weighted by Crippen LogP contribution is -2.39. The monoisotopic (exact) mass is 230 g/mol. The van der Waals surface area contributed by atoms with Crippen molar-refractivity contribution in [2.24, 2.45) is 0 Å². The van der Waals surface area contributed by atoms with Gasteiger partial charge in [0.25, 0.3) is 0 Å². The van der Waals surface area contributed by atoms with Gasteiger partial charge < -0.3 is 10.2 Å². The smallest absolute Gasteiger partial charge is 0.0155 e. The molecule has 90 valence electrons. The van der Waals surface area contributed by atoms with Crippen LogP contribution in [-0.2, 0) is 0 Å². The van der Waals surface area contributed by atoms with Crippen molar-refractivity contribution in [3.63, 3.8) is 0 Å². The van der Waals surface area contributed by atoms with Crippen LogP contribution in [0.3, 0.4) is 0 Å². The second kappa shape index (κ2) is 7.53. The number of likely N-dealkylation sites (N-methyl/N-ethyl adjacent to an activating group) is 1. The van der Waals surface area contributed by atoms with E-state index in [-0.39, 0.29) is 0 Å². The van der Waals surface area contributed by atoms with Crippen molar-refractivity contribution in [2.75, 3.05) is 32.1 Å². The Kier molecular flexibility index (Phi) is 6.69. The standard InChI is InChI=1S/C12H26N2S/c1-11(10-15-3)14(2)9-8-13-12-6-4-5-7-12/h11-13H,4-10H2,1-3H3. The predicted octanol–water partition coefficient (Wildman–Crippen LogP) is 2.20. The fourth-order valence-corrected chi connectivity index (χ4v) is 2.90. The number of hydrogen-bond donors (Lipinski definition) is 1. The molecule has 1 aliphatic rings. The van der Waals surface area contributed by atoms with Gasteiger partial charge in [-0.2, -0.15) is 11.8 Å². The van der Waals surface area contributed by atoms with Gasteiger partial charge in [-0.25, -0.2) is 0 Å². The van der Waals surface area contributed by atoms with Crippen LogP contribution in [0.1, 0.15) is 32.6 Å². The molecule has 2 nitrogen and oxygen atoms in total. The molecule has 0 bridgehead atoms. The summed E-state index contributed by atoms with van der Waals surface area (Å²) in [4.78, 5) is 2.46. The summed E-state index contributed by atoms with van der Waals surface area (Å²) in [5, 5.41) is 3.66. The van der Waals surface area contributed by atoms with Crippen molar-refractivity contribution in [1.82, 2.24) is 10.2 Å². The van der Waals surface area contributed by atoms with Crippen LogP contribution in [0.2, 0.25) is 0 Å². The maximum absolute atomic E-state index is 3.66. The molecule has 1 atom stereocenters. The minimum Gasteiger partial charge on any atom is -0.313 e. The van der Waals surface area contributed by atoms with Crippen LogP contribution in [0, 0.1) is 0 Å². The van der Waals surface area contributed by atoms with E-state index < -0.39 is 0 Å². The first-order valence-electron chi connectivity index (χ1n) is 6.16. The summed E-state index contributed by atoms with van der Waals surface area (Å²) in [6.45, 7) is 4.64. The van der Waals surface area contributed by atoms with E-state index in [9.17, 15) is 0 Å². The average molecular weight is 230 g/mol. The van der Waals surface area contributed by atoms with E-state index in [2.05, 4.69) is 30.4 Å². The van der Waals surface area contributed by atoms with E-state index in [1.165, 1.54) is 38.0 Å². The molecule has 0 radical (unpaired) electrons. The van der Waals surface area contributed by atoms with Gasteiger partial charge in [-0.1, -0.05) is 12.8 Å². The molecule has 0 aromatic carbocycles. The molecule has 1 unspecified atom stereocenters. The van der Waals surface area contributed by atoms with Crippen LogP contribution in [-0.4, -0.2) is 49.1 Å². The molecule has 0 amide bonds. The summed E-state index contributed by atoms with van der Waals surface area (Å²) in [6.07, 6.45) is 7.82. The molecular weight excluding hydrogens is 204 g/mol. The number of nitrogens with zero attached hydrogens (tertiary/aromatic N) is 1. The van der Waals surface area contributed by atoms with Gasteiger partial charge in [0.15, 0.2) is 0 Å². The zero-order valence-electron chi connectivity index (χ0n) is 10.5. The number of hydrogen-bond acceptors (Lipinski definition) is 3. The minimum absolute atomic E-state index is 0.699. The van der Waals surface area contributed by atoms with Crippen LogP contribution >= 0.6 is 11.8 Å². The summed E-state index contributed by atoms with van der Waals surface area (Å²) in [5.74, 6) is 1.24. The highest BCUT2D eigenvalue weighted by Crippen LogP contribution is 2.17. The average Bonchev–Trinajstić information content (AvgIpc) is 2.71. The topological polar surface area (TPSA) is 15.3 Å². The third-order valence-corrected chi connectivity index (χ3v) is 4.23. The highest BCUT2D eigenvalue weighted by molar-refractivity contribution is 7.98. The van der Waals surface area contributed by atoms with Crippen LogP contribution in [0.15, 0.2) is 0 Å². The third kappa shape index (κ3) is 5.23. The van der Waals surface area contributed by atoms with Crippen molar-refractivity contribution in [3.05, 3.63) is 0 Å². The lowest BCUT2D eigenvalue weighted by Gasteiger charge is -2.24. The van der Waals surface area contributed by atoms with Gasteiger partial charge in [-0.05, 0) is 33.1 Å². The van der Waals surface area contributed by atoms with Crippen LogP contribution in [0.25, 0.3) is 0 Å². The molecule has 15 heavy (non-hydrogen) atoms. The predicted molar refractivity (Wildman–Crippen MR) is 70.7 cm³/mol. The van der Waals surface area contributed by atoms with E-state index in [1.54, 1.807) is 0 Å². The molecule has 1 fully saturated rings. The minimum atomic E-state index is 0.699. The summed E-state index contributed by atoms with van der Waals surface area (Å²) >= 11 is 1.93. The van der Waals surface area contributed by atoms with Gasteiger partial charge in [0.1, 0.15) is 0 Å². The highest BCUT2D eigenvalue weighted by atomic mass is 32.2. The Balaban J connectivity index is 2.02. The highest BCUT2D eigenvalue weighted by Gasteiger charge is 2.14. The lowest BCUT2D eigenvalue weighted by atomic mass is 10.2. The second-order valence-corrected chi connectivity index (χ2v) is 5.63. The van der Waals surface area contributed by atoms with Gasteiger partial charge in [0.2, 0.25) is 0 Å². The summed E-state index contributed by atoms with van der Waals surface area (Å²) in [5.41, 5.74) is 0. The third-order valence-electron chi connectivity index (χ3n) is 3.41. The second-order valence-electron chi connectivity index (χ2n) is 4.72. The van der Waals surface area contributed by atoms with Crippen molar-refractivity contribution in [1.29, 1.82) is 0 Å². The van der Waals surface area contributed by atoms with Gasteiger partial charge in [-0.15, -0.1) is 0 Å². The van der Waals surface area contributed by atoms with Gasteiger partial charge in [0.05, 0.1) is 0 Å². The SMILES string of the molecule is CSCC(C)N(C)CCNC1CCCC1. The van der Waals surface area contributed by atoms with Crippen molar-refractivity contribution in [3.8, 4) is 0 Å². The summed E-state index contributed by atoms with van der Waals surface area (Å²) in [7, 11) is 2.23. The molecule has 3 heteroatoms. The Morgan fingerprint density at radius 1 is 1.40 bits per heavy atom. The Morgan fingerprint density at radius 2 is 2.07 bits per heavy atom. The molecule has 1 N–H and O–H groups in total. The fourth-order valence-electron chi connectivity index (χ4n) is 2.16. The molecule has 0 spiro atoms. The molecule has 1 aliphatic carbocycles. The molecule has 0 aromatic heterocycles. The molecule has 1 rings (SSSR count). The van der Waals surface area contributed by atoms with Crippen molar-refractivity contribution >= 4 is 11.8 Å². The van der Waals surface area contributed by atoms with Crippen molar-refractivity contribution < 1.29 is 0 Å². The fraction of sp³-hybridized carbons (Fsp3) is 1.00. The molecule has 0 saturated heterocycles. The zero-order chi connectivity index (χ0) is 11.1. The van der Waals surface area contributed by atoms with E-state index in [1.807, 2.05) is 11.8 Å². The number of nitrogens with one attached hydrogen (secondary N) is 1. The van der Waals surface area contributed by atoms with E-state index in [4.69, 9.17) is 0 Å². The Morgan fingerprint density at radius 3 is 2.67 bits per heavy atom. The largest absolute Gasteiger partial charge is 0.313 e. The van der Waals surface area contributed by atoms with Crippen LogP contribution < -0.4 is 5.32 Å². The van der Waals surface area contributed by atoms with E-state index >= 15 is 0 Å². The molecule has 0 aromatic rings. The Labute approximate surface area is 99.2 Å². The lowest BCUT2D eigenvalue weighted by molar-refractivity contribution is 0.272. The summed E-state index contributed by atoms with van der Waals surface area (Å²) in [6, 6.07) is 1.51. The zero-order valence-corrected chi connectivity index (χ0v) is 11.3. The number of rotatable bonds is 7. The van der Waals surface area contributed by atoms with E-state index in [0.29, 0.717) is 6.04 Å². The molecular formula is C12H26N2S. The molecule has 1 saturated carbocycles. The molecule has 0 heterocycles. The van der Waals surface area contributed by atoms with E-state index in [0.717, 1.165) is 12.6 Å². The summed E-state index contributed by atoms with van der Waals surface area (Å²) < 4.78 is 0. The first kappa shape index (κ1) is 13.3. The maximum Gasteiger partial charge on any atom is 0.0155 e. The van der Waals surface area contributed by atoms with Gasteiger partial charge in [-0.3, -0.25) is 0 Å². The van der Waals surface area contributed by atoms with Crippen LogP contribution in [0.5, 0.6) is 0 Å². The van der Waals surface area contributed by atoms with Crippen LogP contribution in [0.4, 0.5) is 0 Å². The van der Waals surface area contributed by atoms with Gasteiger partial charge >= 0.3 is 0 Å². The maximum atomic E-state index is 3.66. The van der Waals surface area contributed by atoms with Gasteiger partial charge in [0, 0.05) is 30.9 Å². The first-order valence-corrected chi connectivity index (χ1v) is 7.56. The Bertz CT molecular complexity index is 158. The number of thioether (sulfide) groups is 1.